The van der Waals surface area contributed by atoms with Crippen LogP contribution >= 0.6 is 22.3 Å². The molecular formula is C10H8Cl2N2O3S. The molecule has 0 aromatic heterocycles. The molecule has 0 saturated carbocycles. The average molecular weight is 307 g/mol. The first-order valence-electron chi connectivity index (χ1n) is 4.58. The molecule has 1 rings (SSSR count). The minimum atomic E-state index is -4.16. The van der Waals surface area contributed by atoms with E-state index in [1.165, 1.54) is 25.1 Å². The van der Waals surface area contributed by atoms with Crippen LogP contribution in [0.3, 0.4) is 0 Å². The Kier molecular flexibility index (Phi) is 4.22. The van der Waals surface area contributed by atoms with Crippen molar-refractivity contribution in [1.82, 2.24) is 4.90 Å². The number of nitriles is 1. The normalized spacial score (nSPS) is 10.8. The van der Waals surface area contributed by atoms with Crippen LogP contribution in [0.5, 0.6) is 0 Å². The highest BCUT2D eigenvalue weighted by atomic mass is 35.7. The second-order valence-electron chi connectivity index (χ2n) is 3.58. The minimum Gasteiger partial charge on any atom is -0.345 e. The molecule has 0 bridgehead atoms. The second-order valence-corrected chi connectivity index (χ2v) is 6.52. The van der Waals surface area contributed by atoms with Crippen LogP contribution in [-0.2, 0) is 9.05 Å². The van der Waals surface area contributed by atoms with Gasteiger partial charge in [0.05, 0.1) is 10.6 Å². The van der Waals surface area contributed by atoms with E-state index in [1.807, 2.05) is 0 Å². The van der Waals surface area contributed by atoms with Crippen molar-refractivity contribution in [2.24, 2.45) is 0 Å². The molecule has 0 spiro atoms. The molecule has 0 fully saturated rings. The highest BCUT2D eigenvalue weighted by molar-refractivity contribution is 8.13. The maximum atomic E-state index is 11.7. The summed E-state index contributed by atoms with van der Waals surface area (Å²) in [5.74, 6) is -0.442. The number of carbonyl (C=O) groups excluding carboxylic acids is 1. The zero-order valence-electron chi connectivity index (χ0n) is 9.44. The van der Waals surface area contributed by atoms with E-state index < -0.39 is 19.9 Å². The Morgan fingerprint density at radius 2 is 1.94 bits per heavy atom. The van der Waals surface area contributed by atoms with E-state index >= 15 is 0 Å². The monoisotopic (exact) mass is 306 g/mol. The summed E-state index contributed by atoms with van der Waals surface area (Å²) in [4.78, 5) is 12.5. The fourth-order valence-electron chi connectivity index (χ4n) is 1.26. The van der Waals surface area contributed by atoms with E-state index in [9.17, 15) is 13.2 Å². The van der Waals surface area contributed by atoms with Gasteiger partial charge in [-0.05, 0) is 12.1 Å². The number of rotatable bonds is 2. The van der Waals surface area contributed by atoms with Crippen molar-refractivity contribution in [3.8, 4) is 6.07 Å². The minimum absolute atomic E-state index is 0.0447. The molecule has 0 N–H and O–H groups in total. The molecule has 5 nitrogen and oxygen atoms in total. The molecule has 1 amide bonds. The second kappa shape index (κ2) is 5.14. The summed E-state index contributed by atoms with van der Waals surface area (Å²) in [5, 5.41) is 8.71. The number of benzene rings is 1. The fraction of sp³-hybridized carbons (Fsp3) is 0.200. The molecule has 8 heteroatoms. The van der Waals surface area contributed by atoms with Crippen LogP contribution in [0.15, 0.2) is 17.0 Å². The Morgan fingerprint density at radius 1 is 1.39 bits per heavy atom. The third-order valence-electron chi connectivity index (χ3n) is 2.08. The van der Waals surface area contributed by atoms with Gasteiger partial charge in [0.25, 0.3) is 15.0 Å². The van der Waals surface area contributed by atoms with Crippen LogP contribution in [0.2, 0.25) is 5.02 Å². The van der Waals surface area contributed by atoms with Crippen LogP contribution in [-0.4, -0.2) is 33.3 Å². The first kappa shape index (κ1) is 14.8. The summed E-state index contributed by atoms with van der Waals surface area (Å²) in [7, 11) is 4.06. The van der Waals surface area contributed by atoms with Crippen molar-refractivity contribution < 1.29 is 13.2 Å². The predicted molar refractivity (Wildman–Crippen MR) is 67.2 cm³/mol. The molecule has 0 atom stereocenters. The quantitative estimate of drug-likeness (QED) is 0.781. The standard InChI is InChI=1S/C10H8Cl2N2O3S/c1-14(2)10(15)6-3-8(11)7(5-13)9(4-6)18(12,16)17/h3-4H,1-2H3. The molecule has 96 valence electrons. The molecule has 0 unspecified atom stereocenters. The number of nitrogens with zero attached hydrogens (tertiary/aromatic N) is 2. The fourth-order valence-corrected chi connectivity index (χ4v) is 2.61. The van der Waals surface area contributed by atoms with Gasteiger partial charge in [0, 0.05) is 30.3 Å². The topological polar surface area (TPSA) is 78.2 Å². The van der Waals surface area contributed by atoms with Crippen molar-refractivity contribution >= 4 is 37.2 Å². The van der Waals surface area contributed by atoms with Gasteiger partial charge in [0.2, 0.25) is 0 Å². The van der Waals surface area contributed by atoms with Gasteiger partial charge < -0.3 is 4.90 Å². The molecule has 0 radical (unpaired) electrons. The van der Waals surface area contributed by atoms with Gasteiger partial charge in [0.1, 0.15) is 11.0 Å². The van der Waals surface area contributed by atoms with Crippen molar-refractivity contribution in [2.45, 2.75) is 4.90 Å². The lowest BCUT2D eigenvalue weighted by Crippen LogP contribution is -2.22. The Labute approximate surface area is 114 Å². The Bertz CT molecular complexity index is 648. The SMILES string of the molecule is CN(C)C(=O)c1cc(Cl)c(C#N)c(S(=O)(=O)Cl)c1. The summed E-state index contributed by atoms with van der Waals surface area (Å²) in [6.45, 7) is 0. The van der Waals surface area contributed by atoms with Gasteiger partial charge in [-0.15, -0.1) is 0 Å². The van der Waals surface area contributed by atoms with Gasteiger partial charge in [-0.25, -0.2) is 8.42 Å². The van der Waals surface area contributed by atoms with Gasteiger partial charge in [-0.1, -0.05) is 11.6 Å². The number of carbonyl (C=O) groups is 1. The number of hydrogen-bond acceptors (Lipinski definition) is 4. The third-order valence-corrected chi connectivity index (χ3v) is 3.73. The van der Waals surface area contributed by atoms with E-state index in [4.69, 9.17) is 27.5 Å². The molecular weight excluding hydrogens is 299 g/mol. The Hall–Kier alpha value is -1.29. The van der Waals surface area contributed by atoms with Crippen molar-refractivity contribution in [3.05, 3.63) is 28.3 Å². The van der Waals surface area contributed by atoms with E-state index in [2.05, 4.69) is 0 Å². The molecule has 0 aliphatic rings. The largest absolute Gasteiger partial charge is 0.345 e. The summed E-state index contributed by atoms with van der Waals surface area (Å²) in [6.07, 6.45) is 0. The van der Waals surface area contributed by atoms with Crippen molar-refractivity contribution in [3.63, 3.8) is 0 Å². The summed E-state index contributed by atoms with van der Waals surface area (Å²) in [6, 6.07) is 3.91. The number of amides is 1. The molecule has 0 heterocycles. The Balaban J connectivity index is 3.62. The first-order valence-corrected chi connectivity index (χ1v) is 7.27. The lowest BCUT2D eigenvalue weighted by molar-refractivity contribution is 0.0827. The van der Waals surface area contributed by atoms with Crippen molar-refractivity contribution in [1.29, 1.82) is 5.26 Å². The van der Waals surface area contributed by atoms with E-state index in [0.717, 1.165) is 6.07 Å². The molecule has 0 aliphatic carbocycles. The van der Waals surface area contributed by atoms with Crippen LogP contribution < -0.4 is 0 Å². The highest BCUT2D eigenvalue weighted by Gasteiger charge is 2.22. The maximum absolute atomic E-state index is 11.7. The zero-order chi connectivity index (χ0) is 14.1. The van der Waals surface area contributed by atoms with E-state index in [0.29, 0.717) is 0 Å². The molecule has 18 heavy (non-hydrogen) atoms. The van der Waals surface area contributed by atoms with Gasteiger partial charge in [-0.3, -0.25) is 4.79 Å². The van der Waals surface area contributed by atoms with Crippen LogP contribution in [0.25, 0.3) is 0 Å². The first-order chi connectivity index (χ1) is 8.18. The van der Waals surface area contributed by atoms with Crippen LogP contribution in [0.4, 0.5) is 0 Å². The summed E-state index contributed by atoms with van der Waals surface area (Å²) < 4.78 is 22.7. The molecule has 0 saturated heterocycles. The number of halogens is 2. The molecule has 1 aromatic rings. The molecule has 1 aromatic carbocycles. The average Bonchev–Trinajstić information content (AvgIpc) is 2.25. The molecule has 0 aliphatic heterocycles. The maximum Gasteiger partial charge on any atom is 0.262 e. The number of hydrogen-bond donors (Lipinski definition) is 0. The lowest BCUT2D eigenvalue weighted by Gasteiger charge is -2.12. The van der Waals surface area contributed by atoms with Crippen LogP contribution in [0, 0.1) is 11.3 Å². The van der Waals surface area contributed by atoms with Gasteiger partial charge in [0.15, 0.2) is 0 Å². The van der Waals surface area contributed by atoms with E-state index in [1.54, 1.807) is 6.07 Å². The third kappa shape index (κ3) is 2.93. The highest BCUT2D eigenvalue weighted by Crippen LogP contribution is 2.28. The van der Waals surface area contributed by atoms with Crippen molar-refractivity contribution in [2.75, 3.05) is 14.1 Å². The lowest BCUT2D eigenvalue weighted by atomic mass is 10.1. The summed E-state index contributed by atoms with van der Waals surface area (Å²) >= 11 is 5.77. The zero-order valence-corrected chi connectivity index (χ0v) is 11.8. The Morgan fingerprint density at radius 3 is 2.33 bits per heavy atom. The van der Waals surface area contributed by atoms with Crippen LogP contribution in [0.1, 0.15) is 15.9 Å². The van der Waals surface area contributed by atoms with Gasteiger partial charge in [-0.2, -0.15) is 5.26 Å². The smallest absolute Gasteiger partial charge is 0.262 e. The summed E-state index contributed by atoms with van der Waals surface area (Å²) in [5.41, 5.74) is -0.231. The predicted octanol–water partition coefficient (Wildman–Crippen LogP) is 1.84. The van der Waals surface area contributed by atoms with Gasteiger partial charge >= 0.3 is 0 Å². The van der Waals surface area contributed by atoms with E-state index in [-0.39, 0.29) is 16.1 Å².